The first-order valence-electron chi connectivity index (χ1n) is 7.35. The molecular weight excluding hydrogens is 298 g/mol. The number of hydrogen-bond donors (Lipinski definition) is 2. The van der Waals surface area contributed by atoms with Gasteiger partial charge in [0.15, 0.2) is 5.96 Å². The standard InChI is InChI=1S/C16H27N3S2/c1-5-17-16(18-9-6-10-20-3)19-12-14-8-7-13(2)11-15(14)21-4/h7-8,11H,5-6,9-10,12H2,1-4H3,(H2,17,18,19). The van der Waals surface area contributed by atoms with Crippen LogP contribution in [-0.2, 0) is 6.54 Å². The van der Waals surface area contributed by atoms with E-state index in [2.05, 4.69) is 55.2 Å². The average molecular weight is 326 g/mol. The lowest BCUT2D eigenvalue weighted by molar-refractivity contribution is 0.788. The van der Waals surface area contributed by atoms with Crippen LogP contribution in [-0.4, -0.2) is 37.3 Å². The molecule has 1 rings (SSSR count). The second kappa shape index (κ2) is 10.9. The molecule has 118 valence electrons. The zero-order valence-electron chi connectivity index (χ0n) is 13.5. The molecule has 2 N–H and O–H groups in total. The van der Waals surface area contributed by atoms with Crippen molar-refractivity contribution in [1.29, 1.82) is 0 Å². The van der Waals surface area contributed by atoms with E-state index in [-0.39, 0.29) is 0 Å². The summed E-state index contributed by atoms with van der Waals surface area (Å²) < 4.78 is 0. The van der Waals surface area contributed by atoms with Crippen molar-refractivity contribution in [2.24, 2.45) is 4.99 Å². The van der Waals surface area contributed by atoms with Crippen molar-refractivity contribution in [3.63, 3.8) is 0 Å². The maximum atomic E-state index is 4.69. The Balaban J connectivity index is 2.64. The third-order valence-corrected chi connectivity index (χ3v) is 4.53. The van der Waals surface area contributed by atoms with Gasteiger partial charge in [-0.05, 0) is 55.7 Å². The van der Waals surface area contributed by atoms with Gasteiger partial charge in [0.05, 0.1) is 6.54 Å². The monoisotopic (exact) mass is 325 g/mol. The van der Waals surface area contributed by atoms with Gasteiger partial charge < -0.3 is 10.6 Å². The number of rotatable bonds is 8. The summed E-state index contributed by atoms with van der Waals surface area (Å²) in [7, 11) is 0. The second-order valence-electron chi connectivity index (χ2n) is 4.78. The van der Waals surface area contributed by atoms with Crippen LogP contribution < -0.4 is 10.6 Å². The van der Waals surface area contributed by atoms with Crippen LogP contribution in [0, 0.1) is 6.92 Å². The molecule has 3 nitrogen and oxygen atoms in total. The number of hydrogen-bond acceptors (Lipinski definition) is 3. The molecule has 0 heterocycles. The summed E-state index contributed by atoms with van der Waals surface area (Å²) >= 11 is 3.67. The molecule has 0 atom stereocenters. The van der Waals surface area contributed by atoms with Gasteiger partial charge in [-0.2, -0.15) is 11.8 Å². The van der Waals surface area contributed by atoms with Gasteiger partial charge in [-0.3, -0.25) is 0 Å². The minimum atomic E-state index is 0.717. The van der Waals surface area contributed by atoms with Crippen molar-refractivity contribution in [3.8, 4) is 0 Å². The summed E-state index contributed by atoms with van der Waals surface area (Å²) in [6.07, 6.45) is 5.42. The predicted molar refractivity (Wildman–Crippen MR) is 98.8 cm³/mol. The Bertz CT molecular complexity index is 447. The van der Waals surface area contributed by atoms with E-state index in [9.17, 15) is 0 Å². The molecule has 0 aliphatic heterocycles. The molecule has 21 heavy (non-hydrogen) atoms. The molecule has 0 aliphatic rings. The summed E-state index contributed by atoms with van der Waals surface area (Å²) in [6.45, 7) is 6.80. The fourth-order valence-corrected chi connectivity index (χ4v) is 3.04. The van der Waals surface area contributed by atoms with Gasteiger partial charge in [0.2, 0.25) is 0 Å². The zero-order valence-corrected chi connectivity index (χ0v) is 15.2. The van der Waals surface area contributed by atoms with Crippen LogP contribution in [0.5, 0.6) is 0 Å². The zero-order chi connectivity index (χ0) is 15.5. The van der Waals surface area contributed by atoms with Crippen molar-refractivity contribution in [2.75, 3.05) is 31.4 Å². The number of nitrogens with zero attached hydrogens (tertiary/aromatic N) is 1. The van der Waals surface area contributed by atoms with Crippen molar-refractivity contribution < 1.29 is 0 Å². The van der Waals surface area contributed by atoms with Gasteiger partial charge in [-0.15, -0.1) is 11.8 Å². The number of aryl methyl sites for hydroxylation is 1. The first kappa shape index (κ1) is 18.2. The lowest BCUT2D eigenvalue weighted by Gasteiger charge is -2.12. The minimum absolute atomic E-state index is 0.717. The topological polar surface area (TPSA) is 36.4 Å². The fraction of sp³-hybridized carbons (Fsp3) is 0.562. The lowest BCUT2D eigenvalue weighted by Crippen LogP contribution is -2.37. The maximum absolute atomic E-state index is 4.69. The smallest absolute Gasteiger partial charge is 0.191 e. The Hall–Kier alpha value is -0.810. The normalized spacial score (nSPS) is 11.5. The molecule has 0 aromatic heterocycles. The van der Waals surface area contributed by atoms with Gasteiger partial charge in [0, 0.05) is 18.0 Å². The molecule has 0 aliphatic carbocycles. The Kier molecular flexibility index (Phi) is 9.42. The first-order chi connectivity index (χ1) is 10.2. The van der Waals surface area contributed by atoms with E-state index in [1.807, 2.05) is 11.8 Å². The molecule has 0 saturated heterocycles. The Labute approximate surface area is 137 Å². The summed E-state index contributed by atoms with van der Waals surface area (Å²) in [5, 5.41) is 6.70. The van der Waals surface area contributed by atoms with E-state index in [1.165, 1.54) is 21.8 Å². The highest BCUT2D eigenvalue weighted by Crippen LogP contribution is 2.22. The van der Waals surface area contributed by atoms with Crippen LogP contribution in [0.3, 0.4) is 0 Å². The van der Waals surface area contributed by atoms with Crippen LogP contribution in [0.15, 0.2) is 28.1 Å². The molecule has 1 aromatic carbocycles. The van der Waals surface area contributed by atoms with Crippen LogP contribution in [0.4, 0.5) is 0 Å². The third kappa shape index (κ3) is 7.14. The van der Waals surface area contributed by atoms with Gasteiger partial charge in [0.25, 0.3) is 0 Å². The summed E-state index contributed by atoms with van der Waals surface area (Å²) in [4.78, 5) is 6.01. The molecule has 0 spiro atoms. The highest BCUT2D eigenvalue weighted by molar-refractivity contribution is 7.98. The molecule has 0 fully saturated rings. The summed E-state index contributed by atoms with van der Waals surface area (Å²) in [5.74, 6) is 2.09. The number of benzene rings is 1. The molecule has 5 heteroatoms. The third-order valence-electron chi connectivity index (χ3n) is 3.01. The predicted octanol–water partition coefficient (Wildman–Crippen LogP) is 3.53. The van der Waals surface area contributed by atoms with Gasteiger partial charge >= 0.3 is 0 Å². The number of thioether (sulfide) groups is 2. The lowest BCUT2D eigenvalue weighted by atomic mass is 10.1. The Morgan fingerprint density at radius 3 is 2.71 bits per heavy atom. The minimum Gasteiger partial charge on any atom is -0.357 e. The molecule has 1 aromatic rings. The van der Waals surface area contributed by atoms with Gasteiger partial charge in [-0.25, -0.2) is 4.99 Å². The first-order valence-corrected chi connectivity index (χ1v) is 9.97. The van der Waals surface area contributed by atoms with E-state index in [0.717, 1.165) is 25.5 Å². The maximum Gasteiger partial charge on any atom is 0.191 e. The van der Waals surface area contributed by atoms with Crippen molar-refractivity contribution >= 4 is 29.5 Å². The second-order valence-corrected chi connectivity index (χ2v) is 6.62. The quantitative estimate of drug-likeness (QED) is 0.332. The molecule has 0 amide bonds. The molecule has 0 unspecified atom stereocenters. The highest BCUT2D eigenvalue weighted by atomic mass is 32.2. The largest absolute Gasteiger partial charge is 0.357 e. The van der Waals surface area contributed by atoms with E-state index in [1.54, 1.807) is 11.8 Å². The summed E-state index contributed by atoms with van der Waals surface area (Å²) in [6, 6.07) is 6.57. The molecule has 0 saturated carbocycles. The number of guanidine groups is 1. The van der Waals surface area contributed by atoms with Crippen molar-refractivity contribution in [1.82, 2.24) is 10.6 Å². The Morgan fingerprint density at radius 2 is 2.05 bits per heavy atom. The van der Waals surface area contributed by atoms with Gasteiger partial charge in [-0.1, -0.05) is 12.1 Å². The fourth-order valence-electron chi connectivity index (χ4n) is 1.91. The van der Waals surface area contributed by atoms with Crippen molar-refractivity contribution in [2.45, 2.75) is 31.7 Å². The van der Waals surface area contributed by atoms with Gasteiger partial charge in [0.1, 0.15) is 0 Å². The van der Waals surface area contributed by atoms with E-state index < -0.39 is 0 Å². The number of nitrogens with one attached hydrogen (secondary N) is 2. The summed E-state index contributed by atoms with van der Waals surface area (Å²) in [5.41, 5.74) is 2.59. The average Bonchev–Trinajstić information content (AvgIpc) is 2.49. The van der Waals surface area contributed by atoms with Crippen LogP contribution in [0.25, 0.3) is 0 Å². The van der Waals surface area contributed by atoms with E-state index in [0.29, 0.717) is 6.54 Å². The van der Waals surface area contributed by atoms with Crippen LogP contribution >= 0.6 is 23.5 Å². The molecule has 0 bridgehead atoms. The molecule has 0 radical (unpaired) electrons. The van der Waals surface area contributed by atoms with Crippen LogP contribution in [0.1, 0.15) is 24.5 Å². The SMILES string of the molecule is CCNC(=NCc1ccc(C)cc1SC)NCCCSC. The van der Waals surface area contributed by atoms with E-state index in [4.69, 9.17) is 4.99 Å². The van der Waals surface area contributed by atoms with Crippen molar-refractivity contribution in [3.05, 3.63) is 29.3 Å². The van der Waals surface area contributed by atoms with E-state index >= 15 is 0 Å². The van der Waals surface area contributed by atoms with Crippen LogP contribution in [0.2, 0.25) is 0 Å². The Morgan fingerprint density at radius 1 is 1.24 bits per heavy atom. The highest BCUT2D eigenvalue weighted by Gasteiger charge is 2.02. The molecular formula is C16H27N3S2. The number of aliphatic imine (C=N–C) groups is 1.